The van der Waals surface area contributed by atoms with Gasteiger partial charge in [-0.25, -0.2) is 0 Å². The number of nitrogens with two attached hydrogens (primary N) is 1. The van der Waals surface area contributed by atoms with Crippen molar-refractivity contribution in [2.24, 2.45) is 11.7 Å². The summed E-state index contributed by atoms with van der Waals surface area (Å²) in [5.74, 6) is -0.537. The molecule has 0 saturated heterocycles. The average Bonchev–Trinajstić information content (AvgIpc) is 2.48. The normalized spacial score (nSPS) is 13.5. The van der Waals surface area contributed by atoms with E-state index in [-0.39, 0.29) is 17.7 Å². The molecule has 0 aliphatic heterocycles. The van der Waals surface area contributed by atoms with E-state index in [1.54, 1.807) is 6.92 Å². The molecular weight excluding hydrogens is 278 g/mol. The molecule has 0 aliphatic rings. The van der Waals surface area contributed by atoms with Crippen LogP contribution in [0, 0.1) is 5.92 Å². The van der Waals surface area contributed by atoms with E-state index in [2.05, 4.69) is 17.6 Å². The quantitative estimate of drug-likeness (QED) is 0.721. The molecule has 2 amide bonds. The predicted octanol–water partition coefficient (Wildman–Crippen LogP) is 2.07. The van der Waals surface area contributed by atoms with E-state index in [1.165, 1.54) is 5.56 Å². The van der Waals surface area contributed by atoms with Gasteiger partial charge in [0.25, 0.3) is 0 Å². The highest BCUT2D eigenvalue weighted by molar-refractivity contribution is 5.97. The van der Waals surface area contributed by atoms with Crippen molar-refractivity contribution in [1.29, 1.82) is 0 Å². The number of aryl methyl sites for hydroxylation is 1. The number of carbonyl (C=O) groups is 2. The fourth-order valence-electron chi connectivity index (χ4n) is 1.97. The highest BCUT2D eigenvalue weighted by Crippen LogP contribution is 2.11. The first-order valence-electron chi connectivity index (χ1n) is 7.81. The van der Waals surface area contributed by atoms with Crippen LogP contribution in [0.5, 0.6) is 0 Å². The zero-order chi connectivity index (χ0) is 16.7. The first-order valence-corrected chi connectivity index (χ1v) is 7.81. The molecule has 1 rings (SSSR count). The molecule has 0 spiro atoms. The Hall–Kier alpha value is -1.88. The summed E-state index contributed by atoms with van der Waals surface area (Å²) >= 11 is 0. The van der Waals surface area contributed by atoms with E-state index in [0.29, 0.717) is 0 Å². The van der Waals surface area contributed by atoms with Crippen LogP contribution in [0.2, 0.25) is 0 Å². The van der Waals surface area contributed by atoms with Gasteiger partial charge in [0.05, 0.1) is 6.04 Å². The minimum atomic E-state index is -0.632. The maximum atomic E-state index is 12.1. The van der Waals surface area contributed by atoms with Crippen molar-refractivity contribution in [1.82, 2.24) is 5.32 Å². The molecule has 2 atom stereocenters. The Morgan fingerprint density at radius 2 is 1.68 bits per heavy atom. The smallest absolute Gasteiger partial charge is 0.246 e. The first kappa shape index (κ1) is 18.2. The molecule has 0 aromatic heterocycles. The van der Waals surface area contributed by atoms with Crippen LogP contribution >= 0.6 is 0 Å². The van der Waals surface area contributed by atoms with Gasteiger partial charge in [-0.3, -0.25) is 9.59 Å². The molecule has 1 aromatic carbocycles. The third kappa shape index (κ3) is 5.48. The standard InChI is InChI=1S/C17H27N3O2/c1-5-6-13-7-9-14(10-8-13)20-16(21)12(4)19-17(22)15(18)11(2)3/h7-12,15H,5-6,18H2,1-4H3,(H,19,22)(H,20,21). The van der Waals surface area contributed by atoms with Gasteiger partial charge < -0.3 is 16.4 Å². The molecule has 5 heteroatoms. The number of anilines is 1. The molecule has 0 radical (unpaired) electrons. The molecule has 122 valence electrons. The van der Waals surface area contributed by atoms with Gasteiger partial charge in [-0.15, -0.1) is 0 Å². The van der Waals surface area contributed by atoms with Gasteiger partial charge in [-0.1, -0.05) is 39.3 Å². The predicted molar refractivity (Wildman–Crippen MR) is 89.5 cm³/mol. The highest BCUT2D eigenvalue weighted by atomic mass is 16.2. The zero-order valence-corrected chi connectivity index (χ0v) is 13.8. The Morgan fingerprint density at radius 1 is 1.09 bits per heavy atom. The van der Waals surface area contributed by atoms with Crippen LogP contribution in [0.3, 0.4) is 0 Å². The van der Waals surface area contributed by atoms with Crippen molar-refractivity contribution < 1.29 is 9.59 Å². The van der Waals surface area contributed by atoms with Gasteiger partial charge in [0.15, 0.2) is 0 Å². The molecule has 1 aromatic rings. The van der Waals surface area contributed by atoms with Gasteiger partial charge in [-0.2, -0.15) is 0 Å². The second-order valence-corrected chi connectivity index (χ2v) is 5.94. The Bertz CT molecular complexity index is 497. The molecule has 0 heterocycles. The van der Waals surface area contributed by atoms with Crippen LogP contribution in [-0.2, 0) is 16.0 Å². The lowest BCUT2D eigenvalue weighted by Gasteiger charge is -2.19. The van der Waals surface area contributed by atoms with Crippen LogP contribution in [0.4, 0.5) is 5.69 Å². The average molecular weight is 305 g/mol. The van der Waals surface area contributed by atoms with Crippen molar-refractivity contribution in [3.63, 3.8) is 0 Å². The number of rotatable bonds is 7. The lowest BCUT2D eigenvalue weighted by atomic mass is 10.0. The summed E-state index contributed by atoms with van der Waals surface area (Å²) in [6, 6.07) is 6.50. The third-order valence-corrected chi connectivity index (χ3v) is 3.53. The van der Waals surface area contributed by atoms with Crippen molar-refractivity contribution in [2.75, 3.05) is 5.32 Å². The van der Waals surface area contributed by atoms with E-state index in [9.17, 15) is 9.59 Å². The van der Waals surface area contributed by atoms with Gasteiger partial charge in [0.2, 0.25) is 11.8 Å². The summed E-state index contributed by atoms with van der Waals surface area (Å²) in [7, 11) is 0. The maximum absolute atomic E-state index is 12.1. The Labute approximate surface area is 132 Å². The molecular formula is C17H27N3O2. The zero-order valence-electron chi connectivity index (χ0n) is 13.8. The van der Waals surface area contributed by atoms with E-state index in [1.807, 2.05) is 38.1 Å². The van der Waals surface area contributed by atoms with Crippen LogP contribution in [0.1, 0.15) is 39.7 Å². The van der Waals surface area contributed by atoms with Gasteiger partial charge >= 0.3 is 0 Å². The largest absolute Gasteiger partial charge is 0.343 e. The van der Waals surface area contributed by atoms with Gasteiger partial charge in [0.1, 0.15) is 6.04 Å². The lowest BCUT2D eigenvalue weighted by Crippen LogP contribution is -2.50. The Kier molecular flexibility index (Phi) is 7.05. The van der Waals surface area contributed by atoms with E-state index >= 15 is 0 Å². The molecule has 0 bridgehead atoms. The summed E-state index contributed by atoms with van der Waals surface area (Å²) in [6.45, 7) is 7.51. The fourth-order valence-corrected chi connectivity index (χ4v) is 1.97. The molecule has 0 fully saturated rings. The number of hydrogen-bond donors (Lipinski definition) is 3. The van der Waals surface area contributed by atoms with Gasteiger partial charge in [-0.05, 0) is 37.0 Å². The number of hydrogen-bond acceptors (Lipinski definition) is 3. The van der Waals surface area contributed by atoms with E-state index < -0.39 is 12.1 Å². The number of amides is 2. The topological polar surface area (TPSA) is 84.2 Å². The minimum absolute atomic E-state index is 0.0290. The molecule has 5 nitrogen and oxygen atoms in total. The molecule has 0 saturated carbocycles. The van der Waals surface area contributed by atoms with Crippen LogP contribution in [0.25, 0.3) is 0 Å². The Morgan fingerprint density at radius 3 is 2.18 bits per heavy atom. The van der Waals surface area contributed by atoms with Gasteiger partial charge in [0, 0.05) is 5.69 Å². The molecule has 0 aliphatic carbocycles. The minimum Gasteiger partial charge on any atom is -0.343 e. The summed E-state index contributed by atoms with van der Waals surface area (Å²) in [4.78, 5) is 23.9. The number of carbonyl (C=O) groups excluding carboxylic acids is 2. The third-order valence-electron chi connectivity index (χ3n) is 3.53. The monoisotopic (exact) mass is 305 g/mol. The lowest BCUT2D eigenvalue weighted by molar-refractivity contribution is -0.127. The van der Waals surface area contributed by atoms with Crippen molar-refractivity contribution >= 4 is 17.5 Å². The van der Waals surface area contributed by atoms with E-state index in [4.69, 9.17) is 5.73 Å². The Balaban J connectivity index is 2.55. The molecule has 4 N–H and O–H groups in total. The summed E-state index contributed by atoms with van der Waals surface area (Å²) in [6.07, 6.45) is 2.11. The first-order chi connectivity index (χ1) is 10.3. The van der Waals surface area contributed by atoms with Crippen molar-refractivity contribution in [3.8, 4) is 0 Å². The number of nitrogens with one attached hydrogen (secondary N) is 2. The fraction of sp³-hybridized carbons (Fsp3) is 0.529. The van der Waals surface area contributed by atoms with E-state index in [0.717, 1.165) is 18.5 Å². The van der Waals surface area contributed by atoms with Crippen molar-refractivity contribution in [2.45, 2.75) is 52.6 Å². The molecule has 2 unspecified atom stereocenters. The second kappa shape index (κ2) is 8.54. The van der Waals surface area contributed by atoms with Crippen LogP contribution < -0.4 is 16.4 Å². The van der Waals surface area contributed by atoms with Crippen molar-refractivity contribution in [3.05, 3.63) is 29.8 Å². The number of benzene rings is 1. The van der Waals surface area contributed by atoms with Crippen LogP contribution in [0.15, 0.2) is 24.3 Å². The summed E-state index contributed by atoms with van der Waals surface area (Å²) in [5.41, 5.74) is 7.72. The maximum Gasteiger partial charge on any atom is 0.246 e. The van der Waals surface area contributed by atoms with Crippen LogP contribution in [-0.4, -0.2) is 23.9 Å². The summed E-state index contributed by atoms with van der Waals surface area (Å²) in [5, 5.41) is 5.43. The SMILES string of the molecule is CCCc1ccc(NC(=O)C(C)NC(=O)C(N)C(C)C)cc1. The second-order valence-electron chi connectivity index (χ2n) is 5.94. The summed E-state index contributed by atoms with van der Waals surface area (Å²) < 4.78 is 0. The molecule has 22 heavy (non-hydrogen) atoms. The highest BCUT2D eigenvalue weighted by Gasteiger charge is 2.22.